The number of ether oxygens (including phenoxy) is 1. The van der Waals surface area contributed by atoms with E-state index in [2.05, 4.69) is 54.4 Å². The van der Waals surface area contributed by atoms with Crippen LogP contribution in [0, 0.1) is 0 Å². The van der Waals surface area contributed by atoms with Gasteiger partial charge in [0.1, 0.15) is 0 Å². The van der Waals surface area contributed by atoms with E-state index in [1.807, 2.05) is 0 Å². The summed E-state index contributed by atoms with van der Waals surface area (Å²) in [6.07, 6.45) is 1.19. The molecule has 1 aromatic rings. The number of nitrogens with zero attached hydrogens (tertiary/aromatic N) is 1. The molecule has 3 heteroatoms. The van der Waals surface area contributed by atoms with Crippen molar-refractivity contribution in [3.05, 3.63) is 35.9 Å². The molecule has 0 atom stereocenters. The van der Waals surface area contributed by atoms with Crippen LogP contribution in [0.1, 0.15) is 25.8 Å². The number of rotatable bonds is 6. The first-order chi connectivity index (χ1) is 9.18. The highest BCUT2D eigenvalue weighted by Crippen LogP contribution is 2.19. The van der Waals surface area contributed by atoms with Gasteiger partial charge in [-0.2, -0.15) is 0 Å². The molecule has 0 spiro atoms. The summed E-state index contributed by atoms with van der Waals surface area (Å²) in [4.78, 5) is 2.49. The van der Waals surface area contributed by atoms with Crippen molar-refractivity contribution in [1.82, 2.24) is 10.2 Å². The first kappa shape index (κ1) is 14.5. The fourth-order valence-electron chi connectivity index (χ4n) is 2.49. The molecule has 19 heavy (non-hydrogen) atoms. The van der Waals surface area contributed by atoms with Gasteiger partial charge in [-0.05, 0) is 38.9 Å². The van der Waals surface area contributed by atoms with Crippen LogP contribution in [0.4, 0.5) is 0 Å². The van der Waals surface area contributed by atoms with Gasteiger partial charge in [0, 0.05) is 18.6 Å². The minimum absolute atomic E-state index is 0.0479. The summed E-state index contributed by atoms with van der Waals surface area (Å²) >= 11 is 0. The molecule has 0 amide bonds. The molecular formula is C16H26N2O. The molecule has 2 rings (SSSR count). The lowest BCUT2D eigenvalue weighted by Crippen LogP contribution is -2.40. The van der Waals surface area contributed by atoms with Crippen LogP contribution in [0.5, 0.6) is 0 Å². The zero-order valence-corrected chi connectivity index (χ0v) is 12.2. The second kappa shape index (κ2) is 7.04. The lowest BCUT2D eigenvalue weighted by Gasteiger charge is -2.29. The zero-order valence-electron chi connectivity index (χ0n) is 12.2. The largest absolute Gasteiger partial charge is 0.379 e. The van der Waals surface area contributed by atoms with Crippen LogP contribution < -0.4 is 5.32 Å². The molecule has 1 aliphatic heterocycles. The molecule has 3 nitrogen and oxygen atoms in total. The van der Waals surface area contributed by atoms with Crippen molar-refractivity contribution >= 4 is 0 Å². The van der Waals surface area contributed by atoms with Gasteiger partial charge in [0.15, 0.2) is 0 Å². The van der Waals surface area contributed by atoms with E-state index >= 15 is 0 Å². The molecule has 0 unspecified atom stereocenters. The summed E-state index contributed by atoms with van der Waals surface area (Å²) in [5, 5.41) is 3.66. The van der Waals surface area contributed by atoms with E-state index in [9.17, 15) is 0 Å². The second-order valence-corrected chi connectivity index (χ2v) is 5.73. The van der Waals surface area contributed by atoms with E-state index in [1.165, 1.54) is 18.5 Å². The predicted molar refractivity (Wildman–Crippen MR) is 79.3 cm³/mol. The number of nitrogens with one attached hydrogen (secondary N) is 1. The van der Waals surface area contributed by atoms with Crippen LogP contribution in [0.2, 0.25) is 0 Å². The standard InChI is InChI=1S/C16H26N2O/c1-16(2,15-7-4-3-5-8-15)17-9-6-10-18-11-13-19-14-12-18/h3-5,7-8,17H,6,9-14H2,1-2H3. The van der Waals surface area contributed by atoms with Gasteiger partial charge in [-0.15, -0.1) is 0 Å². The summed E-state index contributed by atoms with van der Waals surface area (Å²) < 4.78 is 5.36. The highest BCUT2D eigenvalue weighted by Gasteiger charge is 2.18. The Kier molecular flexibility index (Phi) is 5.37. The number of hydrogen-bond donors (Lipinski definition) is 1. The molecular weight excluding hydrogens is 236 g/mol. The number of benzene rings is 1. The lowest BCUT2D eigenvalue weighted by atomic mass is 9.94. The van der Waals surface area contributed by atoms with Crippen molar-refractivity contribution < 1.29 is 4.74 Å². The van der Waals surface area contributed by atoms with Crippen molar-refractivity contribution in [3.63, 3.8) is 0 Å². The minimum Gasteiger partial charge on any atom is -0.379 e. The van der Waals surface area contributed by atoms with Gasteiger partial charge in [0.2, 0.25) is 0 Å². The van der Waals surface area contributed by atoms with E-state index in [0.29, 0.717) is 0 Å². The number of morpholine rings is 1. The van der Waals surface area contributed by atoms with Gasteiger partial charge in [-0.25, -0.2) is 0 Å². The van der Waals surface area contributed by atoms with Crippen LogP contribution in [-0.2, 0) is 10.3 Å². The molecule has 1 heterocycles. The normalized spacial score (nSPS) is 17.6. The van der Waals surface area contributed by atoms with Crippen LogP contribution in [0.25, 0.3) is 0 Å². The molecule has 1 fully saturated rings. The van der Waals surface area contributed by atoms with E-state index in [1.54, 1.807) is 0 Å². The molecule has 106 valence electrons. The van der Waals surface area contributed by atoms with Gasteiger partial charge in [0.25, 0.3) is 0 Å². The lowest BCUT2D eigenvalue weighted by molar-refractivity contribution is 0.0372. The Labute approximate surface area is 116 Å². The zero-order chi connectivity index (χ0) is 13.6. The summed E-state index contributed by atoms with van der Waals surface area (Å²) in [6.45, 7) is 10.7. The van der Waals surface area contributed by atoms with Gasteiger partial charge >= 0.3 is 0 Å². The molecule has 0 radical (unpaired) electrons. The van der Waals surface area contributed by atoms with E-state index in [-0.39, 0.29) is 5.54 Å². The van der Waals surface area contributed by atoms with Crippen molar-refractivity contribution in [2.45, 2.75) is 25.8 Å². The third-order valence-electron chi connectivity index (χ3n) is 3.82. The van der Waals surface area contributed by atoms with Crippen LogP contribution in [-0.4, -0.2) is 44.3 Å². The Balaban J connectivity index is 1.69. The van der Waals surface area contributed by atoms with Crippen molar-refractivity contribution in [1.29, 1.82) is 0 Å². The first-order valence-corrected chi connectivity index (χ1v) is 7.29. The SMILES string of the molecule is CC(C)(NCCCN1CCOCC1)c1ccccc1. The summed E-state index contributed by atoms with van der Waals surface area (Å²) in [5.74, 6) is 0. The molecule has 1 aromatic carbocycles. The maximum atomic E-state index is 5.36. The average Bonchev–Trinajstić information content (AvgIpc) is 2.46. The van der Waals surface area contributed by atoms with E-state index < -0.39 is 0 Å². The van der Waals surface area contributed by atoms with Gasteiger partial charge < -0.3 is 10.1 Å². The smallest absolute Gasteiger partial charge is 0.0594 e. The Morgan fingerprint density at radius 1 is 1.16 bits per heavy atom. The van der Waals surface area contributed by atoms with Gasteiger partial charge in [-0.3, -0.25) is 4.90 Å². The Morgan fingerprint density at radius 3 is 2.53 bits per heavy atom. The topological polar surface area (TPSA) is 24.5 Å². The molecule has 0 aromatic heterocycles. The molecule has 1 N–H and O–H groups in total. The Bertz CT molecular complexity index is 358. The quantitative estimate of drug-likeness (QED) is 0.796. The van der Waals surface area contributed by atoms with E-state index in [0.717, 1.165) is 32.8 Å². The first-order valence-electron chi connectivity index (χ1n) is 7.29. The molecule has 0 aliphatic carbocycles. The van der Waals surface area contributed by atoms with E-state index in [4.69, 9.17) is 4.74 Å². The maximum absolute atomic E-state index is 5.36. The summed E-state index contributed by atoms with van der Waals surface area (Å²) in [5.41, 5.74) is 1.40. The Morgan fingerprint density at radius 2 is 1.84 bits per heavy atom. The van der Waals surface area contributed by atoms with Crippen molar-refractivity contribution in [3.8, 4) is 0 Å². The molecule has 1 aliphatic rings. The predicted octanol–water partition coefficient (Wildman–Crippen LogP) is 2.23. The molecule has 0 saturated carbocycles. The highest BCUT2D eigenvalue weighted by molar-refractivity contribution is 5.22. The summed E-state index contributed by atoms with van der Waals surface area (Å²) in [6, 6.07) is 10.7. The van der Waals surface area contributed by atoms with Crippen molar-refractivity contribution in [2.75, 3.05) is 39.4 Å². The van der Waals surface area contributed by atoms with Gasteiger partial charge in [-0.1, -0.05) is 30.3 Å². The van der Waals surface area contributed by atoms with Crippen LogP contribution in [0.15, 0.2) is 30.3 Å². The maximum Gasteiger partial charge on any atom is 0.0594 e. The van der Waals surface area contributed by atoms with Crippen molar-refractivity contribution in [2.24, 2.45) is 0 Å². The highest BCUT2D eigenvalue weighted by atomic mass is 16.5. The van der Waals surface area contributed by atoms with Crippen LogP contribution >= 0.6 is 0 Å². The molecule has 1 saturated heterocycles. The minimum atomic E-state index is 0.0479. The average molecular weight is 262 g/mol. The third kappa shape index (κ3) is 4.60. The fourth-order valence-corrected chi connectivity index (χ4v) is 2.49. The third-order valence-corrected chi connectivity index (χ3v) is 3.82. The van der Waals surface area contributed by atoms with Crippen LogP contribution in [0.3, 0.4) is 0 Å². The molecule has 0 bridgehead atoms. The Hall–Kier alpha value is -0.900. The fraction of sp³-hybridized carbons (Fsp3) is 0.625. The number of hydrogen-bond acceptors (Lipinski definition) is 3. The monoisotopic (exact) mass is 262 g/mol. The van der Waals surface area contributed by atoms with Gasteiger partial charge in [0.05, 0.1) is 13.2 Å². The second-order valence-electron chi connectivity index (χ2n) is 5.73. The summed E-state index contributed by atoms with van der Waals surface area (Å²) in [7, 11) is 0.